The first kappa shape index (κ1) is 23.3. The molecule has 0 radical (unpaired) electrons. The van der Waals surface area contributed by atoms with E-state index in [4.69, 9.17) is 4.98 Å². The summed E-state index contributed by atoms with van der Waals surface area (Å²) >= 11 is 0. The van der Waals surface area contributed by atoms with Crippen molar-refractivity contribution in [1.82, 2.24) is 14.7 Å². The molecule has 1 fully saturated rings. The summed E-state index contributed by atoms with van der Waals surface area (Å²) in [6.45, 7) is 0. The van der Waals surface area contributed by atoms with Crippen molar-refractivity contribution in [2.45, 2.75) is 0 Å². The van der Waals surface area contributed by atoms with Crippen LogP contribution in [0.1, 0.15) is 11.1 Å². The van der Waals surface area contributed by atoms with E-state index in [2.05, 4.69) is 59.9 Å². The van der Waals surface area contributed by atoms with Crippen LogP contribution in [0.15, 0.2) is 113 Å². The van der Waals surface area contributed by atoms with E-state index in [-0.39, 0.29) is 29.2 Å². The predicted octanol–water partition coefficient (Wildman–Crippen LogP) is 7.04. The molecule has 0 bridgehead atoms. The Morgan fingerprint density at radius 3 is 1.70 bits per heavy atom. The summed E-state index contributed by atoms with van der Waals surface area (Å²) in [5.74, 6) is -0.972. The van der Waals surface area contributed by atoms with Gasteiger partial charge in [-0.1, -0.05) is 72.8 Å². The molecule has 2 amide bonds. The number of hydrogen-bond donors (Lipinski definition) is 1. The summed E-state index contributed by atoms with van der Waals surface area (Å²) in [7, 11) is 0. The first-order chi connectivity index (χ1) is 22.6. The molecule has 6 nitrogen and oxygen atoms in total. The summed E-state index contributed by atoms with van der Waals surface area (Å²) in [6, 6.07) is 25.1. The lowest BCUT2D eigenvalue weighted by molar-refractivity contribution is -0.128. The predicted molar refractivity (Wildman–Crippen MR) is 181 cm³/mol. The van der Waals surface area contributed by atoms with Crippen LogP contribution in [0.5, 0.6) is 0 Å². The maximum atomic E-state index is 14.1. The van der Waals surface area contributed by atoms with Crippen molar-refractivity contribution in [1.29, 1.82) is 0 Å². The molecule has 2 atom stereocenters. The highest BCUT2D eigenvalue weighted by Gasteiger charge is 2.47. The van der Waals surface area contributed by atoms with Gasteiger partial charge in [-0.15, -0.1) is 0 Å². The monoisotopic (exact) mass is 589 g/mol. The molecule has 6 aromatic carbocycles. The maximum absolute atomic E-state index is 14.1. The molecule has 6 heteroatoms. The minimum Gasteiger partial charge on any atom is -0.289 e. The number of para-hydroxylation sites is 2. The number of carbonyl (C=O) groups is 2. The normalized spacial score (nSPS) is 20.2. The molecule has 2 aromatic heterocycles. The number of fused-ring (bicyclic) bond motifs is 8. The fourth-order valence-electron chi connectivity index (χ4n) is 9.29. The Hall–Kier alpha value is -6.14. The van der Waals surface area contributed by atoms with Gasteiger partial charge in [0, 0.05) is 39.1 Å². The van der Waals surface area contributed by atoms with Crippen LogP contribution in [0, 0.1) is 11.8 Å². The second kappa shape index (κ2) is 7.38. The third kappa shape index (κ3) is 2.38. The van der Waals surface area contributed by atoms with Crippen LogP contribution < -0.4 is 10.9 Å². The Labute approximate surface area is 258 Å². The first-order valence-corrected chi connectivity index (χ1v) is 15.5. The van der Waals surface area contributed by atoms with E-state index < -0.39 is 0 Å². The van der Waals surface area contributed by atoms with Gasteiger partial charge in [0.05, 0.1) is 11.0 Å². The Bertz CT molecular complexity index is 2960. The van der Waals surface area contributed by atoms with Crippen molar-refractivity contribution in [2.24, 2.45) is 11.8 Å². The number of hydrogen-bond acceptors (Lipinski definition) is 4. The zero-order valence-corrected chi connectivity index (χ0v) is 24.0. The lowest BCUT2D eigenvalue weighted by Gasteiger charge is -2.43. The summed E-state index contributed by atoms with van der Waals surface area (Å²) in [4.78, 5) is 44.7. The quantitative estimate of drug-likeness (QED) is 0.117. The van der Waals surface area contributed by atoms with E-state index in [1.807, 2.05) is 42.5 Å². The molecular weight excluding hydrogens is 570 g/mol. The number of nitrogens with one attached hydrogen (secondary N) is 1. The number of allylic oxidation sites excluding steroid dienone is 6. The van der Waals surface area contributed by atoms with E-state index in [1.165, 1.54) is 10.8 Å². The van der Waals surface area contributed by atoms with Crippen molar-refractivity contribution in [3.63, 3.8) is 0 Å². The van der Waals surface area contributed by atoms with Gasteiger partial charge in [-0.2, -0.15) is 0 Å². The standard InChI is InChI=1S/C40H19N3O3/c44-38-26-14-10-22-18-6-5-17-21-9-13-25-35-28(40(46)43-30-4-2-1-3-29(30)41-37(25)43)16-12-24(33(21)35)20-8-7-19(32(18)31(17)20)23-11-15-27(39(45)42-38)36(26)34(22)23/h1-16,34,36H,(H,42,44,45). The Balaban J connectivity index is 1.24. The summed E-state index contributed by atoms with van der Waals surface area (Å²) < 4.78 is 1.76. The van der Waals surface area contributed by atoms with E-state index in [0.717, 1.165) is 71.0 Å². The number of imidazole rings is 1. The molecule has 4 aliphatic rings. The number of rotatable bonds is 0. The number of aromatic nitrogens is 2. The SMILES string of the molecule is O=C1NC(=O)C2=CC=C3c4ccc5c6ccc7c8c(ccc(c9ccc(c4c95)C4=CC=C1C2C43)c68)c(=O)n1c2ccccc2nc71. The van der Waals surface area contributed by atoms with Crippen LogP contribution in [0.3, 0.4) is 0 Å². The van der Waals surface area contributed by atoms with Gasteiger partial charge in [0.1, 0.15) is 5.65 Å². The molecule has 1 N–H and O–H groups in total. The minimum atomic E-state index is -0.301. The maximum Gasteiger partial charge on any atom is 0.264 e. The van der Waals surface area contributed by atoms with Gasteiger partial charge in [0.15, 0.2) is 0 Å². The minimum absolute atomic E-state index is 0.0508. The van der Waals surface area contributed by atoms with Crippen molar-refractivity contribution in [3.8, 4) is 0 Å². The van der Waals surface area contributed by atoms with Crippen molar-refractivity contribution < 1.29 is 9.59 Å². The fourth-order valence-corrected chi connectivity index (χ4v) is 9.29. The Morgan fingerprint density at radius 2 is 1.02 bits per heavy atom. The molecule has 12 rings (SSSR count). The molecule has 1 aliphatic heterocycles. The van der Waals surface area contributed by atoms with E-state index >= 15 is 0 Å². The first-order valence-electron chi connectivity index (χ1n) is 15.5. The van der Waals surface area contributed by atoms with Gasteiger partial charge < -0.3 is 0 Å². The number of amides is 2. The third-order valence-electron chi connectivity index (χ3n) is 11.1. The number of piperidine rings is 1. The number of nitrogens with zero attached hydrogens (tertiary/aromatic N) is 2. The number of pyridine rings is 1. The summed E-state index contributed by atoms with van der Waals surface area (Å²) in [6.07, 6.45) is 7.96. The van der Waals surface area contributed by atoms with Crippen LogP contribution in [0.4, 0.5) is 0 Å². The van der Waals surface area contributed by atoms with Gasteiger partial charge in [-0.25, -0.2) is 4.98 Å². The van der Waals surface area contributed by atoms with E-state index in [9.17, 15) is 14.4 Å². The van der Waals surface area contributed by atoms with Crippen LogP contribution in [-0.2, 0) is 9.59 Å². The highest BCUT2D eigenvalue weighted by molar-refractivity contribution is 6.39. The zero-order chi connectivity index (χ0) is 30.2. The third-order valence-corrected chi connectivity index (χ3v) is 11.1. The molecule has 3 aliphatic carbocycles. The number of carbonyl (C=O) groups excluding carboxylic acids is 2. The molecule has 0 saturated carbocycles. The second-order valence-corrected chi connectivity index (χ2v) is 12.9. The highest BCUT2D eigenvalue weighted by atomic mass is 16.2. The van der Waals surface area contributed by atoms with Gasteiger partial charge in [0.25, 0.3) is 17.4 Å². The number of imide groups is 1. The van der Waals surface area contributed by atoms with Crippen molar-refractivity contribution in [2.75, 3.05) is 0 Å². The van der Waals surface area contributed by atoms with Crippen molar-refractivity contribution >= 4 is 93.5 Å². The molecule has 0 spiro atoms. The molecule has 212 valence electrons. The molecule has 3 heterocycles. The van der Waals surface area contributed by atoms with E-state index in [0.29, 0.717) is 22.2 Å². The molecule has 8 aromatic rings. The lowest BCUT2D eigenvalue weighted by atomic mass is 9.60. The van der Waals surface area contributed by atoms with Crippen molar-refractivity contribution in [3.05, 3.63) is 130 Å². The van der Waals surface area contributed by atoms with Gasteiger partial charge in [0.2, 0.25) is 0 Å². The average Bonchev–Trinajstić information content (AvgIpc) is 3.48. The molecule has 1 saturated heterocycles. The van der Waals surface area contributed by atoms with Crippen LogP contribution in [-0.4, -0.2) is 21.2 Å². The molecule has 2 unspecified atom stereocenters. The van der Waals surface area contributed by atoms with Gasteiger partial charge >= 0.3 is 0 Å². The molecular formula is C40H19N3O3. The lowest BCUT2D eigenvalue weighted by Crippen LogP contribution is -2.47. The molecule has 46 heavy (non-hydrogen) atoms. The fraction of sp³-hybridized carbons (Fsp3) is 0.0500. The van der Waals surface area contributed by atoms with Gasteiger partial charge in [-0.05, 0) is 84.2 Å². The van der Waals surface area contributed by atoms with Crippen LogP contribution in [0.25, 0.3) is 81.7 Å². The Morgan fingerprint density at radius 1 is 0.522 bits per heavy atom. The van der Waals surface area contributed by atoms with Crippen LogP contribution >= 0.6 is 0 Å². The average molecular weight is 590 g/mol. The number of benzene rings is 6. The summed E-state index contributed by atoms with van der Waals surface area (Å²) in [5, 5.41) is 13.1. The topological polar surface area (TPSA) is 80.5 Å². The van der Waals surface area contributed by atoms with Crippen LogP contribution in [0.2, 0.25) is 0 Å². The van der Waals surface area contributed by atoms with E-state index in [1.54, 1.807) is 4.40 Å². The summed E-state index contributed by atoms with van der Waals surface area (Å²) in [5.41, 5.74) is 8.14. The largest absolute Gasteiger partial charge is 0.289 e. The zero-order valence-electron chi connectivity index (χ0n) is 24.0. The van der Waals surface area contributed by atoms with Gasteiger partial charge in [-0.3, -0.25) is 24.1 Å². The second-order valence-electron chi connectivity index (χ2n) is 12.9. The highest BCUT2D eigenvalue weighted by Crippen LogP contribution is 2.57. The smallest absolute Gasteiger partial charge is 0.264 e. The Kier molecular flexibility index (Phi) is 3.73.